The Morgan fingerprint density at radius 1 is 1.44 bits per heavy atom. The molecular formula is C12H17BrO2S. The minimum absolute atomic E-state index is 0.628. The van der Waals surface area contributed by atoms with Crippen molar-refractivity contribution < 1.29 is 8.95 Å². The van der Waals surface area contributed by atoms with E-state index in [4.69, 9.17) is 4.74 Å². The second-order valence-electron chi connectivity index (χ2n) is 3.61. The Morgan fingerprint density at radius 2 is 2.19 bits per heavy atom. The first-order valence-electron chi connectivity index (χ1n) is 5.34. The molecule has 0 aliphatic heterocycles. The van der Waals surface area contributed by atoms with Crippen molar-refractivity contribution in [1.29, 1.82) is 0 Å². The first-order valence-corrected chi connectivity index (χ1v) is 7.63. The zero-order valence-corrected chi connectivity index (χ0v) is 12.1. The van der Waals surface area contributed by atoms with E-state index in [1.54, 1.807) is 7.11 Å². The molecule has 0 saturated heterocycles. The first-order chi connectivity index (χ1) is 7.67. The summed E-state index contributed by atoms with van der Waals surface area (Å²) >= 11 is 3.43. The monoisotopic (exact) mass is 304 g/mol. The Hall–Kier alpha value is -0.350. The maximum Gasteiger partial charge on any atom is 0.133 e. The maximum atomic E-state index is 11.7. The third-order valence-corrected chi connectivity index (χ3v) is 4.29. The molecule has 0 radical (unpaired) electrons. The van der Waals surface area contributed by atoms with E-state index in [1.807, 2.05) is 18.2 Å². The summed E-state index contributed by atoms with van der Waals surface area (Å²) < 4.78 is 17.8. The topological polar surface area (TPSA) is 26.3 Å². The molecule has 0 heterocycles. The Kier molecular flexibility index (Phi) is 6.06. The van der Waals surface area contributed by atoms with E-state index in [0.29, 0.717) is 5.75 Å². The standard InChI is InChI=1S/C12H17BrO2S/c1-3-4-7-16(14)9-10-5-6-12(15-2)11(13)8-10/h5-6,8H,3-4,7,9H2,1-2H3. The van der Waals surface area contributed by atoms with Gasteiger partial charge >= 0.3 is 0 Å². The van der Waals surface area contributed by atoms with Gasteiger partial charge in [-0.05, 0) is 40.0 Å². The van der Waals surface area contributed by atoms with E-state index in [0.717, 1.165) is 34.4 Å². The van der Waals surface area contributed by atoms with Gasteiger partial charge in [-0.2, -0.15) is 0 Å². The third-order valence-electron chi connectivity index (χ3n) is 2.27. The van der Waals surface area contributed by atoms with Gasteiger partial charge < -0.3 is 4.74 Å². The van der Waals surface area contributed by atoms with Gasteiger partial charge in [0.25, 0.3) is 0 Å². The van der Waals surface area contributed by atoms with Gasteiger partial charge in [-0.15, -0.1) is 0 Å². The predicted molar refractivity (Wildman–Crippen MR) is 72.3 cm³/mol. The molecule has 1 aromatic carbocycles. The molecule has 16 heavy (non-hydrogen) atoms. The summed E-state index contributed by atoms with van der Waals surface area (Å²) in [7, 11) is 0.889. The number of hydrogen-bond acceptors (Lipinski definition) is 2. The fourth-order valence-electron chi connectivity index (χ4n) is 1.36. The van der Waals surface area contributed by atoms with Crippen LogP contribution in [0.5, 0.6) is 5.75 Å². The molecule has 1 aromatic rings. The van der Waals surface area contributed by atoms with Gasteiger partial charge in [0.15, 0.2) is 0 Å². The molecule has 0 saturated carbocycles. The fourth-order valence-corrected chi connectivity index (χ4v) is 3.26. The van der Waals surface area contributed by atoms with Crippen molar-refractivity contribution >= 4 is 26.7 Å². The fraction of sp³-hybridized carbons (Fsp3) is 0.500. The van der Waals surface area contributed by atoms with Crippen molar-refractivity contribution in [1.82, 2.24) is 0 Å². The van der Waals surface area contributed by atoms with Gasteiger partial charge in [0.2, 0.25) is 0 Å². The molecule has 1 atom stereocenters. The molecule has 90 valence electrons. The van der Waals surface area contributed by atoms with Gasteiger partial charge in [0.05, 0.1) is 11.6 Å². The van der Waals surface area contributed by atoms with E-state index in [9.17, 15) is 4.21 Å². The molecule has 0 bridgehead atoms. The van der Waals surface area contributed by atoms with E-state index in [1.165, 1.54) is 0 Å². The van der Waals surface area contributed by atoms with Crippen molar-refractivity contribution in [2.75, 3.05) is 12.9 Å². The van der Waals surface area contributed by atoms with E-state index < -0.39 is 10.8 Å². The van der Waals surface area contributed by atoms with Crippen molar-refractivity contribution in [3.8, 4) is 5.75 Å². The van der Waals surface area contributed by atoms with Crippen LogP contribution in [0.1, 0.15) is 25.3 Å². The second kappa shape index (κ2) is 7.07. The van der Waals surface area contributed by atoms with E-state index in [-0.39, 0.29) is 0 Å². The first kappa shape index (κ1) is 13.7. The Balaban J connectivity index is 2.61. The molecule has 0 fully saturated rings. The van der Waals surface area contributed by atoms with Crippen LogP contribution in [0, 0.1) is 0 Å². The zero-order chi connectivity index (χ0) is 12.0. The molecule has 0 aliphatic rings. The number of benzene rings is 1. The minimum Gasteiger partial charge on any atom is -0.496 e. The number of hydrogen-bond donors (Lipinski definition) is 0. The minimum atomic E-state index is -0.749. The van der Waals surface area contributed by atoms with Gasteiger partial charge in [-0.1, -0.05) is 19.4 Å². The lowest BCUT2D eigenvalue weighted by Gasteiger charge is -2.06. The van der Waals surface area contributed by atoms with Gasteiger partial charge in [0, 0.05) is 22.3 Å². The molecule has 0 spiro atoms. The van der Waals surface area contributed by atoms with Crippen molar-refractivity contribution in [3.05, 3.63) is 28.2 Å². The van der Waals surface area contributed by atoms with Gasteiger partial charge in [-0.3, -0.25) is 4.21 Å². The molecule has 0 aliphatic carbocycles. The summed E-state index contributed by atoms with van der Waals surface area (Å²) in [5.74, 6) is 2.23. The van der Waals surface area contributed by atoms with Crippen LogP contribution in [-0.2, 0) is 16.6 Å². The Morgan fingerprint density at radius 3 is 2.75 bits per heavy atom. The summed E-state index contributed by atoms with van der Waals surface area (Å²) in [6, 6.07) is 5.84. The average Bonchev–Trinajstić information content (AvgIpc) is 2.26. The van der Waals surface area contributed by atoms with Crippen molar-refractivity contribution in [2.24, 2.45) is 0 Å². The van der Waals surface area contributed by atoms with Crippen molar-refractivity contribution in [2.45, 2.75) is 25.5 Å². The Labute approximate surface area is 108 Å². The molecule has 0 aromatic heterocycles. The van der Waals surface area contributed by atoms with Crippen molar-refractivity contribution in [3.63, 3.8) is 0 Å². The lowest BCUT2D eigenvalue weighted by molar-refractivity contribution is 0.412. The van der Waals surface area contributed by atoms with Crippen LogP contribution in [0.4, 0.5) is 0 Å². The molecule has 1 rings (SSSR count). The molecule has 2 nitrogen and oxygen atoms in total. The van der Waals surface area contributed by atoms with Crippen LogP contribution in [0.2, 0.25) is 0 Å². The average molecular weight is 305 g/mol. The summed E-state index contributed by atoms with van der Waals surface area (Å²) in [5, 5.41) is 0. The number of rotatable bonds is 6. The largest absolute Gasteiger partial charge is 0.496 e. The zero-order valence-electron chi connectivity index (χ0n) is 9.66. The number of halogens is 1. The van der Waals surface area contributed by atoms with Crippen LogP contribution in [0.25, 0.3) is 0 Å². The molecule has 1 unspecified atom stereocenters. The summed E-state index contributed by atoms with van der Waals surface area (Å²) in [6.07, 6.45) is 2.13. The van der Waals surface area contributed by atoms with Crippen LogP contribution < -0.4 is 4.74 Å². The Bertz CT molecular complexity index is 366. The molecule has 0 N–H and O–H groups in total. The SMILES string of the molecule is CCCCS(=O)Cc1ccc(OC)c(Br)c1. The van der Waals surface area contributed by atoms with E-state index in [2.05, 4.69) is 22.9 Å². The van der Waals surface area contributed by atoms with Gasteiger partial charge in [-0.25, -0.2) is 0 Å². The summed E-state index contributed by atoms with van der Waals surface area (Å²) in [5.41, 5.74) is 1.09. The maximum absolute atomic E-state index is 11.7. The lowest BCUT2D eigenvalue weighted by Crippen LogP contribution is -2.01. The van der Waals surface area contributed by atoms with Crippen LogP contribution in [-0.4, -0.2) is 17.1 Å². The second-order valence-corrected chi connectivity index (χ2v) is 6.04. The highest BCUT2D eigenvalue weighted by Gasteiger charge is 2.05. The number of unbranched alkanes of at least 4 members (excludes halogenated alkanes) is 1. The molecule has 4 heteroatoms. The predicted octanol–water partition coefficient (Wildman–Crippen LogP) is 3.51. The number of ether oxygens (including phenoxy) is 1. The normalized spacial score (nSPS) is 12.4. The highest BCUT2D eigenvalue weighted by atomic mass is 79.9. The molecule has 0 amide bonds. The summed E-state index contributed by atoms with van der Waals surface area (Å²) in [6.45, 7) is 2.11. The lowest BCUT2D eigenvalue weighted by atomic mass is 10.2. The number of methoxy groups -OCH3 is 1. The highest BCUT2D eigenvalue weighted by Crippen LogP contribution is 2.26. The smallest absolute Gasteiger partial charge is 0.133 e. The van der Waals surface area contributed by atoms with Crippen LogP contribution >= 0.6 is 15.9 Å². The van der Waals surface area contributed by atoms with Crippen LogP contribution in [0.15, 0.2) is 22.7 Å². The summed E-state index contributed by atoms with van der Waals surface area (Å²) in [4.78, 5) is 0. The third kappa shape index (κ3) is 4.26. The van der Waals surface area contributed by atoms with Gasteiger partial charge in [0.1, 0.15) is 5.75 Å². The quantitative estimate of drug-likeness (QED) is 0.804. The highest BCUT2D eigenvalue weighted by molar-refractivity contribution is 9.10. The van der Waals surface area contributed by atoms with Crippen LogP contribution in [0.3, 0.4) is 0 Å². The van der Waals surface area contributed by atoms with E-state index >= 15 is 0 Å². The molecular weight excluding hydrogens is 288 g/mol.